The molecule has 1 unspecified atom stereocenters. The third-order valence-electron chi connectivity index (χ3n) is 5.61. The third-order valence-corrected chi connectivity index (χ3v) is 5.61. The van der Waals surface area contributed by atoms with Gasteiger partial charge in [-0.05, 0) is 49.5 Å². The van der Waals surface area contributed by atoms with Gasteiger partial charge in [0.15, 0.2) is 0 Å². The number of rotatable bonds is 5. The van der Waals surface area contributed by atoms with Gasteiger partial charge in [0, 0.05) is 12.6 Å². The fourth-order valence-electron chi connectivity index (χ4n) is 4.22. The summed E-state index contributed by atoms with van der Waals surface area (Å²) in [5, 5.41) is 6.44. The van der Waals surface area contributed by atoms with Gasteiger partial charge >= 0.3 is 6.03 Å². The lowest BCUT2D eigenvalue weighted by atomic mass is 9.74. The maximum atomic E-state index is 13.5. The van der Waals surface area contributed by atoms with E-state index in [-0.39, 0.29) is 24.4 Å². The van der Waals surface area contributed by atoms with Crippen molar-refractivity contribution in [2.24, 2.45) is 5.92 Å². The Morgan fingerprint density at radius 1 is 1.04 bits per heavy atom. The number of urea groups is 1. The Bertz CT molecular complexity index is 805. The van der Waals surface area contributed by atoms with Gasteiger partial charge in [-0.1, -0.05) is 36.4 Å². The van der Waals surface area contributed by atoms with Gasteiger partial charge in [0.2, 0.25) is 0 Å². The monoisotopic (exact) mass is 364 g/mol. The Balaban J connectivity index is 1.65. The van der Waals surface area contributed by atoms with Crippen molar-refractivity contribution in [1.82, 2.24) is 20.5 Å². The van der Waals surface area contributed by atoms with E-state index in [1.54, 1.807) is 6.20 Å². The van der Waals surface area contributed by atoms with Crippen molar-refractivity contribution in [3.05, 3.63) is 66.0 Å². The molecule has 4 rings (SSSR count). The first-order valence-electron chi connectivity index (χ1n) is 9.48. The molecule has 6 heteroatoms. The molecule has 0 aliphatic carbocycles. The number of aromatic nitrogens is 1. The molecule has 1 aromatic carbocycles. The predicted octanol–water partition coefficient (Wildman–Crippen LogP) is 2.11. The summed E-state index contributed by atoms with van der Waals surface area (Å²) < 4.78 is 0. The highest BCUT2D eigenvalue weighted by molar-refractivity contribution is 6.07. The van der Waals surface area contributed by atoms with Crippen LogP contribution in [0.15, 0.2) is 54.7 Å². The molecule has 2 aliphatic rings. The second-order valence-electron chi connectivity index (χ2n) is 7.30. The number of pyridine rings is 1. The number of amides is 3. The third kappa shape index (κ3) is 3.45. The van der Waals surface area contributed by atoms with Gasteiger partial charge < -0.3 is 10.6 Å². The van der Waals surface area contributed by atoms with Crippen LogP contribution in [0.5, 0.6) is 0 Å². The van der Waals surface area contributed by atoms with Crippen molar-refractivity contribution in [2.75, 3.05) is 13.1 Å². The molecule has 2 aromatic rings. The molecule has 2 aliphatic heterocycles. The lowest BCUT2D eigenvalue weighted by Gasteiger charge is -2.38. The molecule has 0 radical (unpaired) electrons. The summed E-state index contributed by atoms with van der Waals surface area (Å²) in [5.41, 5.74) is 0.890. The number of benzene rings is 1. The fourth-order valence-corrected chi connectivity index (χ4v) is 4.22. The number of piperidine rings is 1. The number of carbonyl (C=O) groups is 2. The lowest BCUT2D eigenvalue weighted by Crippen LogP contribution is -2.57. The highest BCUT2D eigenvalue weighted by Gasteiger charge is 2.55. The van der Waals surface area contributed by atoms with E-state index < -0.39 is 5.54 Å². The highest BCUT2D eigenvalue weighted by atomic mass is 16.2. The molecule has 3 heterocycles. The number of nitrogens with one attached hydrogen (secondary N) is 2. The largest absolute Gasteiger partial charge is 0.325 e. The molecule has 27 heavy (non-hydrogen) atoms. The summed E-state index contributed by atoms with van der Waals surface area (Å²) >= 11 is 0. The first-order valence-corrected chi connectivity index (χ1v) is 9.48. The quantitative estimate of drug-likeness (QED) is 0.797. The van der Waals surface area contributed by atoms with Crippen molar-refractivity contribution in [1.29, 1.82) is 0 Å². The second-order valence-corrected chi connectivity index (χ2v) is 7.30. The van der Waals surface area contributed by atoms with Gasteiger partial charge in [-0.2, -0.15) is 0 Å². The van der Waals surface area contributed by atoms with Gasteiger partial charge in [0.05, 0.1) is 12.2 Å². The Morgan fingerprint density at radius 2 is 1.78 bits per heavy atom. The molecule has 3 amide bonds. The normalized spacial score (nSPS) is 23.5. The van der Waals surface area contributed by atoms with Crippen molar-refractivity contribution >= 4 is 11.9 Å². The van der Waals surface area contributed by atoms with Crippen LogP contribution in [0.1, 0.15) is 24.1 Å². The van der Waals surface area contributed by atoms with Gasteiger partial charge in [-0.15, -0.1) is 0 Å². The maximum Gasteiger partial charge on any atom is 0.325 e. The molecular formula is C21H24N4O2. The van der Waals surface area contributed by atoms with E-state index in [0.29, 0.717) is 12.1 Å². The zero-order valence-electron chi connectivity index (χ0n) is 15.2. The van der Waals surface area contributed by atoms with Crippen LogP contribution in [0.2, 0.25) is 0 Å². The summed E-state index contributed by atoms with van der Waals surface area (Å²) in [6, 6.07) is 15.1. The molecule has 140 valence electrons. The summed E-state index contributed by atoms with van der Waals surface area (Å²) in [5.74, 6) is -0.0157. The molecule has 1 aromatic heterocycles. The van der Waals surface area contributed by atoms with Crippen molar-refractivity contribution in [2.45, 2.75) is 31.3 Å². The van der Waals surface area contributed by atoms with Crippen LogP contribution >= 0.6 is 0 Å². The molecule has 0 bridgehead atoms. The Kier molecular flexibility index (Phi) is 4.90. The number of carbonyl (C=O) groups excluding carboxylic acids is 2. The molecule has 1 atom stereocenters. The van der Waals surface area contributed by atoms with Gasteiger partial charge in [0.25, 0.3) is 5.91 Å². The van der Waals surface area contributed by atoms with E-state index in [1.807, 2.05) is 48.5 Å². The molecular weight excluding hydrogens is 340 g/mol. The number of nitrogens with zero attached hydrogens (tertiary/aromatic N) is 2. The number of imide groups is 1. The molecule has 2 saturated heterocycles. The summed E-state index contributed by atoms with van der Waals surface area (Å²) in [6.07, 6.45) is 3.94. The number of hydrogen-bond acceptors (Lipinski definition) is 4. The van der Waals surface area contributed by atoms with Crippen LogP contribution in [0.25, 0.3) is 0 Å². The first-order chi connectivity index (χ1) is 13.2. The molecule has 0 saturated carbocycles. The molecule has 2 fully saturated rings. The van der Waals surface area contributed by atoms with Gasteiger partial charge in [0.1, 0.15) is 5.54 Å². The van der Waals surface area contributed by atoms with Crippen molar-refractivity contribution in [3.63, 3.8) is 0 Å². The predicted molar refractivity (Wildman–Crippen MR) is 102 cm³/mol. The minimum Gasteiger partial charge on any atom is -0.322 e. The number of hydrogen-bond donors (Lipinski definition) is 2. The lowest BCUT2D eigenvalue weighted by molar-refractivity contribution is -0.134. The first kappa shape index (κ1) is 17.7. The van der Waals surface area contributed by atoms with E-state index in [2.05, 4.69) is 15.6 Å². The van der Waals surface area contributed by atoms with Gasteiger partial charge in [-0.25, -0.2) is 4.79 Å². The van der Waals surface area contributed by atoms with E-state index in [4.69, 9.17) is 0 Å². The maximum absolute atomic E-state index is 13.5. The fraction of sp³-hybridized carbons (Fsp3) is 0.381. The van der Waals surface area contributed by atoms with Crippen LogP contribution < -0.4 is 10.6 Å². The Hall–Kier alpha value is -2.73. The second kappa shape index (κ2) is 7.48. The topological polar surface area (TPSA) is 74.3 Å². The van der Waals surface area contributed by atoms with Crippen LogP contribution in [-0.4, -0.2) is 40.5 Å². The molecule has 2 N–H and O–H groups in total. The summed E-state index contributed by atoms with van der Waals surface area (Å²) in [6.45, 7) is 1.93. The van der Waals surface area contributed by atoms with Crippen molar-refractivity contribution in [3.8, 4) is 0 Å². The van der Waals surface area contributed by atoms with Crippen molar-refractivity contribution < 1.29 is 9.59 Å². The van der Waals surface area contributed by atoms with Crippen LogP contribution in [0.4, 0.5) is 4.79 Å². The summed E-state index contributed by atoms with van der Waals surface area (Å²) in [7, 11) is 0. The SMILES string of the molecule is O=C1NC(Cc2ccccc2)(C2CCNCC2)C(=O)N1Cc1ccccn1. The molecule has 0 spiro atoms. The smallest absolute Gasteiger partial charge is 0.322 e. The average molecular weight is 364 g/mol. The highest BCUT2D eigenvalue weighted by Crippen LogP contribution is 2.35. The van der Waals surface area contributed by atoms with E-state index in [0.717, 1.165) is 31.5 Å². The van der Waals surface area contributed by atoms with E-state index >= 15 is 0 Å². The zero-order chi connectivity index (χ0) is 18.7. The Labute approximate surface area is 159 Å². The standard InChI is InChI=1S/C21H24N4O2/c26-19-21(17-9-12-22-13-10-17,14-16-6-2-1-3-7-16)24-20(27)25(19)15-18-8-4-5-11-23-18/h1-8,11,17,22H,9-10,12-15H2,(H,24,27). The zero-order valence-corrected chi connectivity index (χ0v) is 15.2. The van der Waals surface area contributed by atoms with E-state index in [1.165, 1.54) is 4.90 Å². The van der Waals surface area contributed by atoms with Crippen LogP contribution in [0, 0.1) is 5.92 Å². The molecule has 6 nitrogen and oxygen atoms in total. The van der Waals surface area contributed by atoms with Crippen LogP contribution in [-0.2, 0) is 17.8 Å². The minimum atomic E-state index is -0.880. The average Bonchev–Trinajstić information content (AvgIpc) is 2.95. The minimum absolute atomic E-state index is 0.115. The van der Waals surface area contributed by atoms with Gasteiger partial charge in [-0.3, -0.25) is 14.7 Å². The van der Waals surface area contributed by atoms with E-state index in [9.17, 15) is 9.59 Å². The Morgan fingerprint density at radius 3 is 2.48 bits per heavy atom. The van der Waals surface area contributed by atoms with Crippen LogP contribution in [0.3, 0.4) is 0 Å². The summed E-state index contributed by atoms with van der Waals surface area (Å²) in [4.78, 5) is 31.9.